The van der Waals surface area contributed by atoms with Gasteiger partial charge in [0.1, 0.15) is 11.3 Å². The molecule has 0 saturated heterocycles. The van der Waals surface area contributed by atoms with E-state index in [2.05, 4.69) is 14.5 Å². The van der Waals surface area contributed by atoms with Crippen LogP contribution in [0.5, 0.6) is 0 Å². The summed E-state index contributed by atoms with van der Waals surface area (Å²) in [5, 5.41) is 0. The largest absolute Gasteiger partial charge is 0.327 e. The van der Waals surface area contributed by atoms with E-state index in [1.54, 1.807) is 6.20 Å². The summed E-state index contributed by atoms with van der Waals surface area (Å²) in [4.78, 5) is 8.56. The summed E-state index contributed by atoms with van der Waals surface area (Å²) in [6, 6.07) is 2.01. The predicted molar refractivity (Wildman–Crippen MR) is 59.8 cm³/mol. The first-order chi connectivity index (χ1) is 7.38. The van der Waals surface area contributed by atoms with E-state index in [1.807, 2.05) is 12.3 Å². The quantitative estimate of drug-likeness (QED) is 0.746. The van der Waals surface area contributed by atoms with E-state index in [0.717, 1.165) is 29.3 Å². The normalized spacial score (nSPS) is 16.1. The van der Waals surface area contributed by atoms with Crippen molar-refractivity contribution >= 4 is 22.6 Å². The highest BCUT2D eigenvalue weighted by Gasteiger charge is 2.23. The molecule has 4 heteroatoms. The van der Waals surface area contributed by atoms with Crippen LogP contribution in [0.15, 0.2) is 18.5 Å². The molecule has 0 unspecified atom stereocenters. The minimum atomic E-state index is 0.474. The van der Waals surface area contributed by atoms with Crippen LogP contribution >= 0.6 is 11.6 Å². The average molecular weight is 222 g/mol. The lowest BCUT2D eigenvalue weighted by Gasteiger charge is -2.05. The highest BCUT2D eigenvalue weighted by atomic mass is 35.5. The van der Waals surface area contributed by atoms with Crippen LogP contribution in [-0.2, 0) is 12.4 Å². The van der Waals surface area contributed by atoms with E-state index in [4.69, 9.17) is 11.6 Å². The predicted octanol–water partition coefficient (Wildman–Crippen LogP) is 2.58. The van der Waals surface area contributed by atoms with Gasteiger partial charge in [-0.2, -0.15) is 0 Å². The van der Waals surface area contributed by atoms with Crippen molar-refractivity contribution in [3.8, 4) is 0 Å². The van der Waals surface area contributed by atoms with Gasteiger partial charge in [-0.3, -0.25) is 4.98 Å². The van der Waals surface area contributed by atoms with Crippen LogP contribution < -0.4 is 0 Å². The molecule has 0 amide bonds. The Balaban J connectivity index is 2.12. The Morgan fingerprint density at radius 2 is 2.33 bits per heavy atom. The Kier molecular flexibility index (Phi) is 2.13. The molecule has 0 atom stereocenters. The van der Waals surface area contributed by atoms with Crippen molar-refractivity contribution in [2.24, 2.45) is 5.92 Å². The highest BCUT2D eigenvalue weighted by molar-refractivity contribution is 6.16. The Bertz CT molecular complexity index is 488. The molecule has 0 spiro atoms. The Labute approximate surface area is 93.1 Å². The zero-order valence-electron chi connectivity index (χ0n) is 8.36. The van der Waals surface area contributed by atoms with Gasteiger partial charge in [0.2, 0.25) is 0 Å². The van der Waals surface area contributed by atoms with Gasteiger partial charge in [0.05, 0.1) is 17.6 Å². The molecule has 15 heavy (non-hydrogen) atoms. The molecule has 1 fully saturated rings. The fourth-order valence-corrected chi connectivity index (χ4v) is 2.10. The number of alkyl halides is 1. The lowest BCUT2D eigenvalue weighted by Crippen LogP contribution is -2.03. The first-order valence-corrected chi connectivity index (χ1v) is 5.77. The van der Waals surface area contributed by atoms with Crippen molar-refractivity contribution in [3.63, 3.8) is 0 Å². The highest BCUT2D eigenvalue weighted by Crippen LogP contribution is 2.32. The standard InChI is InChI=1S/C11H12ClN3/c12-5-11-14-9-6-13-4-3-10(9)15(11)7-8-1-2-8/h3-4,6,8H,1-2,5,7H2. The fraction of sp³-hybridized carbons (Fsp3) is 0.455. The van der Waals surface area contributed by atoms with Crippen LogP contribution in [0.3, 0.4) is 0 Å². The summed E-state index contributed by atoms with van der Waals surface area (Å²) in [6.07, 6.45) is 6.29. The van der Waals surface area contributed by atoms with Gasteiger partial charge in [0.15, 0.2) is 0 Å². The third kappa shape index (κ3) is 1.61. The number of nitrogens with zero attached hydrogens (tertiary/aromatic N) is 3. The van der Waals surface area contributed by atoms with Crippen molar-refractivity contribution in [2.75, 3.05) is 0 Å². The van der Waals surface area contributed by atoms with Crippen LogP contribution in [0.25, 0.3) is 11.0 Å². The van der Waals surface area contributed by atoms with Gasteiger partial charge in [0, 0.05) is 12.7 Å². The molecule has 0 aromatic carbocycles. The maximum absolute atomic E-state index is 5.90. The van der Waals surface area contributed by atoms with Crippen molar-refractivity contribution in [1.82, 2.24) is 14.5 Å². The number of hydrogen-bond donors (Lipinski definition) is 0. The number of imidazole rings is 1. The number of pyridine rings is 1. The van der Waals surface area contributed by atoms with Crippen molar-refractivity contribution < 1.29 is 0 Å². The monoisotopic (exact) mass is 221 g/mol. The van der Waals surface area contributed by atoms with Crippen LogP contribution in [-0.4, -0.2) is 14.5 Å². The first-order valence-electron chi connectivity index (χ1n) is 5.23. The topological polar surface area (TPSA) is 30.7 Å². The zero-order chi connectivity index (χ0) is 10.3. The molecule has 3 nitrogen and oxygen atoms in total. The molecule has 0 N–H and O–H groups in total. The first kappa shape index (κ1) is 9.16. The van der Waals surface area contributed by atoms with Gasteiger partial charge < -0.3 is 4.57 Å². The second kappa shape index (κ2) is 3.49. The van der Waals surface area contributed by atoms with Gasteiger partial charge in [-0.1, -0.05) is 0 Å². The van der Waals surface area contributed by atoms with E-state index < -0.39 is 0 Å². The summed E-state index contributed by atoms with van der Waals surface area (Å²) in [5.74, 6) is 2.27. The SMILES string of the molecule is ClCc1nc2cnccc2n1CC1CC1. The molecule has 2 aromatic rings. The van der Waals surface area contributed by atoms with Gasteiger partial charge in [0.25, 0.3) is 0 Å². The van der Waals surface area contributed by atoms with Crippen LogP contribution in [0, 0.1) is 5.92 Å². The van der Waals surface area contributed by atoms with Crippen molar-refractivity contribution in [1.29, 1.82) is 0 Å². The van der Waals surface area contributed by atoms with Crippen LogP contribution in [0.1, 0.15) is 18.7 Å². The van der Waals surface area contributed by atoms with Gasteiger partial charge >= 0.3 is 0 Å². The third-order valence-corrected chi connectivity index (χ3v) is 3.13. The van der Waals surface area contributed by atoms with Crippen molar-refractivity contribution in [3.05, 3.63) is 24.3 Å². The molecule has 1 saturated carbocycles. The second-order valence-electron chi connectivity index (χ2n) is 4.08. The zero-order valence-corrected chi connectivity index (χ0v) is 9.11. The Morgan fingerprint density at radius 3 is 3.07 bits per heavy atom. The Hall–Kier alpha value is -1.09. The molecule has 0 radical (unpaired) electrons. The van der Waals surface area contributed by atoms with E-state index in [9.17, 15) is 0 Å². The van der Waals surface area contributed by atoms with E-state index >= 15 is 0 Å². The number of aromatic nitrogens is 3. The van der Waals surface area contributed by atoms with Crippen molar-refractivity contribution in [2.45, 2.75) is 25.3 Å². The van der Waals surface area contributed by atoms with E-state index in [0.29, 0.717) is 5.88 Å². The lowest BCUT2D eigenvalue weighted by molar-refractivity contribution is 0.623. The number of rotatable bonds is 3. The number of hydrogen-bond acceptors (Lipinski definition) is 2. The molecule has 0 bridgehead atoms. The average Bonchev–Trinajstić information content (AvgIpc) is 3.01. The molecule has 3 rings (SSSR count). The Morgan fingerprint density at radius 1 is 1.47 bits per heavy atom. The minimum Gasteiger partial charge on any atom is -0.327 e. The molecule has 78 valence electrons. The van der Waals surface area contributed by atoms with E-state index in [1.165, 1.54) is 12.8 Å². The summed E-state index contributed by atoms with van der Waals surface area (Å²) in [7, 11) is 0. The number of halogens is 1. The third-order valence-electron chi connectivity index (χ3n) is 2.89. The van der Waals surface area contributed by atoms with Crippen LogP contribution in [0.4, 0.5) is 0 Å². The molecule has 1 aliphatic rings. The lowest BCUT2D eigenvalue weighted by atomic mass is 10.3. The fourth-order valence-electron chi connectivity index (χ4n) is 1.90. The molecule has 2 aromatic heterocycles. The second-order valence-corrected chi connectivity index (χ2v) is 4.35. The molecular weight excluding hydrogens is 210 g/mol. The van der Waals surface area contributed by atoms with Gasteiger partial charge in [-0.25, -0.2) is 4.98 Å². The summed E-state index contributed by atoms with van der Waals surface area (Å²) in [6.45, 7) is 1.06. The molecule has 1 aliphatic carbocycles. The summed E-state index contributed by atoms with van der Waals surface area (Å²) in [5.41, 5.74) is 2.11. The molecule has 0 aliphatic heterocycles. The maximum Gasteiger partial charge on any atom is 0.124 e. The van der Waals surface area contributed by atoms with Gasteiger partial charge in [-0.15, -0.1) is 11.6 Å². The van der Waals surface area contributed by atoms with Gasteiger partial charge in [-0.05, 0) is 24.8 Å². The maximum atomic E-state index is 5.90. The minimum absolute atomic E-state index is 0.474. The van der Waals surface area contributed by atoms with Crippen LogP contribution in [0.2, 0.25) is 0 Å². The van der Waals surface area contributed by atoms with E-state index in [-0.39, 0.29) is 0 Å². The summed E-state index contributed by atoms with van der Waals surface area (Å²) >= 11 is 5.90. The molecule has 2 heterocycles. The molecular formula is C11H12ClN3. The summed E-state index contributed by atoms with van der Waals surface area (Å²) < 4.78 is 2.24. The smallest absolute Gasteiger partial charge is 0.124 e. The number of fused-ring (bicyclic) bond motifs is 1.